The van der Waals surface area contributed by atoms with E-state index >= 15 is 0 Å². The predicted octanol–water partition coefficient (Wildman–Crippen LogP) is 1.63. The van der Waals surface area contributed by atoms with E-state index in [0.29, 0.717) is 23.5 Å². The van der Waals surface area contributed by atoms with Gasteiger partial charge in [-0.25, -0.2) is 4.98 Å². The van der Waals surface area contributed by atoms with Crippen molar-refractivity contribution >= 4 is 50.4 Å². The maximum absolute atomic E-state index is 12.4. The minimum atomic E-state index is -1.47. The first kappa shape index (κ1) is 20.6. The molecule has 5 rings (SSSR count). The second kappa shape index (κ2) is 7.68. The van der Waals surface area contributed by atoms with Crippen LogP contribution >= 0.6 is 27.5 Å². The van der Waals surface area contributed by atoms with Crippen molar-refractivity contribution in [2.45, 2.75) is 30.6 Å². The number of hydrogen-bond acceptors (Lipinski definition) is 8. The third-order valence-electron chi connectivity index (χ3n) is 5.52. The van der Waals surface area contributed by atoms with Crippen LogP contribution in [0.25, 0.3) is 11.2 Å². The van der Waals surface area contributed by atoms with Crippen LogP contribution in [0.1, 0.15) is 11.8 Å². The third-order valence-corrected chi connectivity index (χ3v) is 6.18. The Balaban J connectivity index is 1.47. The number of anilines is 1. The molecule has 162 valence electrons. The lowest BCUT2D eigenvalue weighted by atomic mass is 9.98. The summed E-state index contributed by atoms with van der Waals surface area (Å²) in [5.74, 6) is 0.0119. The minimum absolute atomic E-state index is 0.0247. The number of hydrogen-bond donors (Lipinski definition) is 3. The number of aromatic nitrogens is 4. The van der Waals surface area contributed by atoms with Gasteiger partial charge >= 0.3 is 0 Å². The van der Waals surface area contributed by atoms with Crippen LogP contribution in [0.3, 0.4) is 0 Å². The van der Waals surface area contributed by atoms with E-state index in [0.717, 1.165) is 10.0 Å². The van der Waals surface area contributed by atoms with Gasteiger partial charge in [-0.05, 0) is 29.3 Å². The lowest BCUT2D eigenvalue weighted by molar-refractivity contribution is -0.184. The van der Waals surface area contributed by atoms with E-state index < -0.39 is 29.9 Å². The minimum Gasteiger partial charge on any atom is -0.387 e. The molecule has 2 aliphatic rings. The molecule has 1 amide bonds. The largest absolute Gasteiger partial charge is 0.387 e. The Morgan fingerprint density at radius 2 is 2.29 bits per heavy atom. The van der Waals surface area contributed by atoms with Gasteiger partial charge in [0.15, 0.2) is 23.2 Å². The van der Waals surface area contributed by atoms with Gasteiger partial charge in [0.2, 0.25) is 10.9 Å². The molecule has 3 aromatic rings. The quantitative estimate of drug-likeness (QED) is 0.444. The lowest BCUT2D eigenvalue weighted by Crippen LogP contribution is -2.53. The van der Waals surface area contributed by atoms with Gasteiger partial charge < -0.3 is 25.2 Å². The third kappa shape index (κ3) is 3.28. The first-order valence-corrected chi connectivity index (χ1v) is 10.7. The molecule has 12 heteroatoms. The summed E-state index contributed by atoms with van der Waals surface area (Å²) in [6, 6.07) is 7.86. The number of aliphatic hydroxyl groups excluding tert-OH is 1. The second-order valence-electron chi connectivity index (χ2n) is 7.35. The normalized spacial score (nSPS) is 27.0. The van der Waals surface area contributed by atoms with E-state index in [1.807, 2.05) is 24.3 Å². The molecule has 2 saturated heterocycles. The molecule has 4 heterocycles. The fourth-order valence-electron chi connectivity index (χ4n) is 4.00. The zero-order chi connectivity index (χ0) is 21.8. The monoisotopic (exact) mass is 508 g/mol. The summed E-state index contributed by atoms with van der Waals surface area (Å²) in [5, 5.41) is 16.4. The maximum atomic E-state index is 12.4. The molecular formula is C19H18BrClN6O4. The maximum Gasteiger partial charge on any atom is 0.257 e. The number of fused-ring (bicyclic) bond motifs is 3. The number of ether oxygens (including phenoxy) is 2. The molecule has 2 bridgehead atoms. The van der Waals surface area contributed by atoms with Crippen molar-refractivity contribution < 1.29 is 19.4 Å². The molecule has 0 aliphatic carbocycles. The number of nitrogens with zero attached hydrogens (tertiary/aromatic N) is 4. The molecule has 0 radical (unpaired) electrons. The first-order valence-electron chi connectivity index (χ1n) is 9.51. The summed E-state index contributed by atoms with van der Waals surface area (Å²) in [6.45, 7) is 0.468. The van der Waals surface area contributed by atoms with Gasteiger partial charge in [0.05, 0.1) is 12.9 Å². The van der Waals surface area contributed by atoms with Crippen molar-refractivity contribution in [3.63, 3.8) is 0 Å². The van der Waals surface area contributed by atoms with E-state index in [4.69, 9.17) is 21.1 Å². The molecule has 2 fully saturated rings. The summed E-state index contributed by atoms with van der Waals surface area (Å²) in [7, 11) is 1.48. The van der Waals surface area contributed by atoms with Crippen molar-refractivity contribution in [3.8, 4) is 0 Å². The number of halogens is 2. The molecule has 0 saturated carbocycles. The molecule has 1 aromatic carbocycles. The summed E-state index contributed by atoms with van der Waals surface area (Å²) in [4.78, 5) is 25.4. The van der Waals surface area contributed by atoms with Crippen molar-refractivity contribution in [2.24, 2.45) is 0 Å². The Kier molecular flexibility index (Phi) is 5.10. The lowest BCUT2D eigenvalue weighted by Gasteiger charge is -2.29. The Morgan fingerprint density at radius 1 is 1.45 bits per heavy atom. The summed E-state index contributed by atoms with van der Waals surface area (Å²) < 4.78 is 14.2. The van der Waals surface area contributed by atoms with Crippen molar-refractivity contribution in [2.75, 3.05) is 19.0 Å². The Morgan fingerprint density at radius 3 is 3.06 bits per heavy atom. The van der Waals surface area contributed by atoms with Gasteiger partial charge in [-0.15, -0.1) is 0 Å². The topological polar surface area (TPSA) is 123 Å². The fourth-order valence-corrected chi connectivity index (χ4v) is 4.61. The Hall–Kier alpha value is -2.31. The highest BCUT2D eigenvalue weighted by atomic mass is 79.9. The van der Waals surface area contributed by atoms with Crippen molar-refractivity contribution in [3.05, 3.63) is 45.9 Å². The van der Waals surface area contributed by atoms with Crippen LogP contribution < -0.4 is 10.6 Å². The number of carbonyl (C=O) groups excluding carboxylic acids is 1. The number of aliphatic hydroxyl groups is 1. The summed E-state index contributed by atoms with van der Waals surface area (Å²) in [6.07, 6.45) is -1.16. The van der Waals surface area contributed by atoms with Crippen LogP contribution in [0.2, 0.25) is 5.28 Å². The van der Waals surface area contributed by atoms with Crippen LogP contribution in [0.4, 0.5) is 5.82 Å². The van der Waals surface area contributed by atoms with Gasteiger partial charge in [0.1, 0.15) is 12.2 Å². The number of amides is 1. The average Bonchev–Trinajstić information content (AvgIpc) is 3.41. The number of rotatable bonds is 5. The molecule has 2 aromatic heterocycles. The number of imidazole rings is 1. The highest BCUT2D eigenvalue weighted by molar-refractivity contribution is 9.10. The van der Waals surface area contributed by atoms with E-state index in [2.05, 4.69) is 41.5 Å². The SMILES string of the molecule is CNC(=O)[C@@]12COC(C1O)[C@H](n1cnc3c(NCc4cccc(Br)c4)nc(Cl)nc31)O2. The zero-order valence-electron chi connectivity index (χ0n) is 16.2. The van der Waals surface area contributed by atoms with E-state index in [-0.39, 0.29) is 11.9 Å². The molecule has 10 nitrogen and oxygen atoms in total. The Labute approximate surface area is 190 Å². The molecular weight excluding hydrogens is 492 g/mol. The molecule has 3 N–H and O–H groups in total. The van der Waals surface area contributed by atoms with Crippen LogP contribution in [0.15, 0.2) is 35.1 Å². The average molecular weight is 510 g/mol. The van der Waals surface area contributed by atoms with Crippen LogP contribution in [0.5, 0.6) is 0 Å². The predicted molar refractivity (Wildman–Crippen MR) is 114 cm³/mol. The van der Waals surface area contributed by atoms with E-state index in [1.54, 1.807) is 4.57 Å². The standard InChI is InChI=1S/C19H18BrClN6O4/c1-22-17(29)19-7-30-12(13(19)28)16(31-19)27-8-24-11-14(25-18(21)26-15(11)27)23-6-9-3-2-4-10(20)5-9/h2-5,8,12-13,16,28H,6-7H2,1H3,(H,22,29)(H,23,25,26)/t12?,13?,16-,19-/m1/s1. The fraction of sp³-hybridized carbons (Fsp3) is 0.368. The molecule has 4 atom stereocenters. The number of nitrogens with one attached hydrogen (secondary N) is 2. The highest BCUT2D eigenvalue weighted by Gasteiger charge is 2.65. The first-order chi connectivity index (χ1) is 14.9. The molecule has 2 unspecified atom stereocenters. The Bertz CT molecular complexity index is 1180. The van der Waals surface area contributed by atoms with Crippen molar-refractivity contribution in [1.29, 1.82) is 0 Å². The van der Waals surface area contributed by atoms with Gasteiger partial charge in [0, 0.05) is 18.1 Å². The number of benzene rings is 1. The van der Waals surface area contributed by atoms with Gasteiger partial charge in [0.25, 0.3) is 5.91 Å². The van der Waals surface area contributed by atoms with Crippen molar-refractivity contribution in [1.82, 2.24) is 24.8 Å². The molecule has 31 heavy (non-hydrogen) atoms. The molecule has 2 aliphatic heterocycles. The number of likely N-dealkylation sites (N-methyl/N-ethyl adjacent to an activating group) is 1. The van der Waals surface area contributed by atoms with Gasteiger partial charge in [-0.1, -0.05) is 28.1 Å². The van der Waals surface area contributed by atoms with Crippen LogP contribution in [0, 0.1) is 0 Å². The summed E-state index contributed by atoms with van der Waals surface area (Å²) >= 11 is 9.63. The second-order valence-corrected chi connectivity index (χ2v) is 8.60. The smallest absolute Gasteiger partial charge is 0.257 e. The van der Waals surface area contributed by atoms with E-state index in [9.17, 15) is 9.90 Å². The highest BCUT2D eigenvalue weighted by Crippen LogP contribution is 2.46. The number of carbonyl (C=O) groups is 1. The molecule has 0 spiro atoms. The summed E-state index contributed by atoms with van der Waals surface area (Å²) in [5.41, 5.74) is 0.447. The van der Waals surface area contributed by atoms with Crippen LogP contribution in [-0.4, -0.2) is 62.0 Å². The van der Waals surface area contributed by atoms with Gasteiger partial charge in [-0.3, -0.25) is 9.36 Å². The van der Waals surface area contributed by atoms with E-state index in [1.165, 1.54) is 13.4 Å². The van der Waals surface area contributed by atoms with Gasteiger partial charge in [-0.2, -0.15) is 9.97 Å². The zero-order valence-corrected chi connectivity index (χ0v) is 18.6. The van der Waals surface area contributed by atoms with Crippen LogP contribution in [-0.2, 0) is 20.8 Å².